The minimum absolute atomic E-state index is 0.00786. The van der Waals surface area contributed by atoms with Crippen LogP contribution >= 0.6 is 0 Å². The van der Waals surface area contributed by atoms with Crippen molar-refractivity contribution in [2.75, 3.05) is 18.5 Å². The fourth-order valence-electron chi connectivity index (χ4n) is 2.19. The highest BCUT2D eigenvalue weighted by atomic mass is 16.5. The molecule has 2 rings (SSSR count). The van der Waals surface area contributed by atoms with Crippen LogP contribution in [0.15, 0.2) is 34.9 Å². The van der Waals surface area contributed by atoms with Gasteiger partial charge in [0.05, 0.1) is 12.3 Å². The van der Waals surface area contributed by atoms with Gasteiger partial charge in [0.25, 0.3) is 0 Å². The molecule has 128 valence electrons. The molecule has 0 spiro atoms. The first-order valence-corrected chi connectivity index (χ1v) is 7.84. The molecule has 7 heteroatoms. The van der Waals surface area contributed by atoms with E-state index in [4.69, 9.17) is 9.26 Å². The van der Waals surface area contributed by atoms with E-state index >= 15 is 0 Å². The second-order valence-corrected chi connectivity index (χ2v) is 5.16. The summed E-state index contributed by atoms with van der Waals surface area (Å²) in [5, 5.41) is 8.90. The van der Waals surface area contributed by atoms with E-state index in [1.807, 2.05) is 30.3 Å². The SMILES string of the molecule is CCOC(=O)c1c(C)noc1NC(=O)NCCCc1ccccc1. The zero-order valence-corrected chi connectivity index (χ0v) is 13.8. The molecule has 0 aliphatic heterocycles. The molecule has 0 radical (unpaired) electrons. The molecule has 2 amide bonds. The van der Waals surface area contributed by atoms with E-state index in [0.29, 0.717) is 12.2 Å². The Morgan fingerprint density at radius 3 is 2.71 bits per heavy atom. The normalized spacial score (nSPS) is 10.2. The Morgan fingerprint density at radius 1 is 1.25 bits per heavy atom. The predicted molar refractivity (Wildman–Crippen MR) is 89.0 cm³/mol. The molecule has 1 aromatic carbocycles. The van der Waals surface area contributed by atoms with Crippen LogP contribution in [0.3, 0.4) is 0 Å². The molecular formula is C17H21N3O4. The van der Waals surface area contributed by atoms with Crippen LogP contribution in [0.2, 0.25) is 0 Å². The first-order chi connectivity index (χ1) is 11.6. The second-order valence-electron chi connectivity index (χ2n) is 5.16. The summed E-state index contributed by atoms with van der Waals surface area (Å²) in [6.45, 7) is 4.04. The predicted octanol–water partition coefficient (Wildman–Crippen LogP) is 2.91. The molecule has 1 aromatic heterocycles. The van der Waals surface area contributed by atoms with Gasteiger partial charge in [-0.2, -0.15) is 0 Å². The number of nitrogens with zero attached hydrogens (tertiary/aromatic N) is 1. The van der Waals surface area contributed by atoms with Crippen molar-refractivity contribution in [3.63, 3.8) is 0 Å². The van der Waals surface area contributed by atoms with Crippen molar-refractivity contribution in [3.05, 3.63) is 47.2 Å². The monoisotopic (exact) mass is 331 g/mol. The van der Waals surface area contributed by atoms with Crippen molar-refractivity contribution in [1.29, 1.82) is 0 Å². The number of anilines is 1. The summed E-state index contributed by atoms with van der Waals surface area (Å²) in [6, 6.07) is 9.57. The van der Waals surface area contributed by atoms with Crippen LogP contribution in [0.5, 0.6) is 0 Å². The van der Waals surface area contributed by atoms with Crippen molar-refractivity contribution >= 4 is 17.9 Å². The minimum atomic E-state index is -0.573. The van der Waals surface area contributed by atoms with Crippen molar-refractivity contribution in [2.45, 2.75) is 26.7 Å². The molecule has 0 aliphatic rings. The molecule has 2 N–H and O–H groups in total. The van der Waals surface area contributed by atoms with Gasteiger partial charge in [0.15, 0.2) is 0 Å². The number of carbonyl (C=O) groups excluding carboxylic acids is 2. The second kappa shape index (κ2) is 8.71. The Balaban J connectivity index is 1.81. The Bertz CT molecular complexity index is 682. The Morgan fingerprint density at radius 2 is 2.00 bits per heavy atom. The fraction of sp³-hybridized carbons (Fsp3) is 0.353. The lowest BCUT2D eigenvalue weighted by atomic mass is 10.1. The lowest BCUT2D eigenvalue weighted by Crippen LogP contribution is -2.30. The number of aryl methyl sites for hydroxylation is 2. The summed E-state index contributed by atoms with van der Waals surface area (Å²) < 4.78 is 9.91. The molecular weight excluding hydrogens is 310 g/mol. The summed E-state index contributed by atoms with van der Waals surface area (Å²) in [7, 11) is 0. The van der Waals surface area contributed by atoms with Gasteiger partial charge in [-0.1, -0.05) is 35.5 Å². The number of esters is 1. The Labute approximate surface area is 140 Å². The van der Waals surface area contributed by atoms with Gasteiger partial charge >= 0.3 is 12.0 Å². The molecule has 0 atom stereocenters. The summed E-state index contributed by atoms with van der Waals surface area (Å²) in [4.78, 5) is 23.8. The topological polar surface area (TPSA) is 93.5 Å². The van der Waals surface area contributed by atoms with Gasteiger partial charge in [-0.15, -0.1) is 0 Å². The number of hydrogen-bond acceptors (Lipinski definition) is 5. The molecule has 0 aliphatic carbocycles. The number of benzene rings is 1. The van der Waals surface area contributed by atoms with E-state index in [9.17, 15) is 9.59 Å². The van der Waals surface area contributed by atoms with E-state index < -0.39 is 12.0 Å². The first-order valence-electron chi connectivity index (χ1n) is 7.84. The van der Waals surface area contributed by atoms with Crippen LogP contribution in [-0.2, 0) is 11.2 Å². The van der Waals surface area contributed by atoms with Crippen LogP contribution in [0, 0.1) is 6.92 Å². The molecule has 0 unspecified atom stereocenters. The fourth-order valence-corrected chi connectivity index (χ4v) is 2.19. The molecule has 2 aromatic rings. The van der Waals surface area contributed by atoms with Crippen molar-refractivity contribution in [2.24, 2.45) is 0 Å². The average Bonchev–Trinajstić information content (AvgIpc) is 2.93. The van der Waals surface area contributed by atoms with Gasteiger partial charge in [0.2, 0.25) is 5.88 Å². The van der Waals surface area contributed by atoms with Gasteiger partial charge in [0.1, 0.15) is 5.56 Å². The van der Waals surface area contributed by atoms with Gasteiger partial charge in [-0.25, -0.2) is 9.59 Å². The smallest absolute Gasteiger partial charge is 0.345 e. The maximum Gasteiger partial charge on any atom is 0.345 e. The van der Waals surface area contributed by atoms with Gasteiger partial charge in [0, 0.05) is 6.54 Å². The highest BCUT2D eigenvalue weighted by molar-refractivity contribution is 5.99. The van der Waals surface area contributed by atoms with E-state index in [-0.39, 0.29) is 18.1 Å². The third kappa shape index (κ3) is 4.84. The number of rotatable bonds is 7. The Hall–Kier alpha value is -2.83. The number of amides is 2. The van der Waals surface area contributed by atoms with E-state index in [1.165, 1.54) is 5.56 Å². The largest absolute Gasteiger partial charge is 0.462 e. The van der Waals surface area contributed by atoms with Crippen LogP contribution < -0.4 is 10.6 Å². The Kier molecular flexibility index (Phi) is 6.36. The quantitative estimate of drug-likeness (QED) is 0.601. The number of ether oxygens (including phenoxy) is 1. The highest BCUT2D eigenvalue weighted by Gasteiger charge is 2.23. The molecule has 24 heavy (non-hydrogen) atoms. The summed E-state index contributed by atoms with van der Waals surface area (Å²) in [6.07, 6.45) is 1.67. The van der Waals surface area contributed by atoms with Gasteiger partial charge in [-0.3, -0.25) is 5.32 Å². The number of nitrogens with one attached hydrogen (secondary N) is 2. The standard InChI is InChI=1S/C17H21N3O4/c1-3-23-16(21)14-12(2)20-24-15(14)19-17(22)18-11-7-10-13-8-5-4-6-9-13/h4-6,8-9H,3,7,10-11H2,1-2H3,(H2,18,19,22). The molecule has 0 bridgehead atoms. The highest BCUT2D eigenvalue weighted by Crippen LogP contribution is 2.20. The summed E-state index contributed by atoms with van der Waals surface area (Å²) >= 11 is 0. The number of urea groups is 1. The molecule has 7 nitrogen and oxygen atoms in total. The van der Waals surface area contributed by atoms with Gasteiger partial charge < -0.3 is 14.6 Å². The van der Waals surface area contributed by atoms with Crippen molar-refractivity contribution < 1.29 is 18.8 Å². The zero-order chi connectivity index (χ0) is 17.4. The van der Waals surface area contributed by atoms with Crippen LogP contribution in [-0.4, -0.2) is 30.3 Å². The summed E-state index contributed by atoms with van der Waals surface area (Å²) in [5.41, 5.74) is 1.72. The first kappa shape index (κ1) is 17.5. The van der Waals surface area contributed by atoms with Crippen molar-refractivity contribution in [1.82, 2.24) is 10.5 Å². The summed E-state index contributed by atoms with van der Waals surface area (Å²) in [5.74, 6) is -0.581. The van der Waals surface area contributed by atoms with E-state index in [1.54, 1.807) is 13.8 Å². The number of carbonyl (C=O) groups is 2. The molecule has 0 saturated carbocycles. The van der Waals surface area contributed by atoms with Gasteiger partial charge in [-0.05, 0) is 32.3 Å². The number of hydrogen-bond donors (Lipinski definition) is 2. The maximum atomic E-state index is 11.9. The third-order valence-electron chi connectivity index (χ3n) is 3.34. The lowest BCUT2D eigenvalue weighted by Gasteiger charge is -2.07. The third-order valence-corrected chi connectivity index (χ3v) is 3.34. The number of aromatic nitrogens is 1. The van der Waals surface area contributed by atoms with Crippen molar-refractivity contribution in [3.8, 4) is 0 Å². The minimum Gasteiger partial charge on any atom is -0.462 e. The van der Waals surface area contributed by atoms with Crippen LogP contribution in [0.1, 0.15) is 35.0 Å². The lowest BCUT2D eigenvalue weighted by molar-refractivity contribution is 0.0526. The molecule has 0 saturated heterocycles. The molecule has 0 fully saturated rings. The van der Waals surface area contributed by atoms with E-state index in [2.05, 4.69) is 15.8 Å². The molecule has 1 heterocycles. The average molecular weight is 331 g/mol. The van der Waals surface area contributed by atoms with Crippen LogP contribution in [0.25, 0.3) is 0 Å². The van der Waals surface area contributed by atoms with Crippen LogP contribution in [0.4, 0.5) is 10.7 Å². The maximum absolute atomic E-state index is 11.9. The zero-order valence-electron chi connectivity index (χ0n) is 13.8. The van der Waals surface area contributed by atoms with E-state index in [0.717, 1.165) is 12.8 Å².